The van der Waals surface area contributed by atoms with Crippen LogP contribution < -0.4 is 18.9 Å². The van der Waals surface area contributed by atoms with Gasteiger partial charge in [-0.05, 0) is 48.2 Å². The first kappa shape index (κ1) is 30.3. The summed E-state index contributed by atoms with van der Waals surface area (Å²) in [5, 5.41) is 0.327. The monoisotopic (exact) mass is 617 g/mol. The summed E-state index contributed by atoms with van der Waals surface area (Å²) in [6.45, 7) is 1.70. The van der Waals surface area contributed by atoms with Gasteiger partial charge in [0.25, 0.3) is 0 Å². The summed E-state index contributed by atoms with van der Waals surface area (Å²) in [6, 6.07) is 27.6. The lowest BCUT2D eigenvalue weighted by Gasteiger charge is -2.23. The molecule has 9 nitrogen and oxygen atoms in total. The van der Waals surface area contributed by atoms with E-state index < -0.39 is 29.7 Å². The van der Waals surface area contributed by atoms with E-state index in [1.807, 2.05) is 60.7 Å². The van der Waals surface area contributed by atoms with Crippen LogP contribution in [0.3, 0.4) is 0 Å². The van der Waals surface area contributed by atoms with Gasteiger partial charge in [0.2, 0.25) is 0 Å². The lowest BCUT2D eigenvalue weighted by Crippen LogP contribution is -2.19. The molecule has 1 unspecified atom stereocenters. The molecule has 0 fully saturated rings. The average molecular weight is 618 g/mol. The van der Waals surface area contributed by atoms with E-state index in [0.29, 0.717) is 22.4 Å². The maximum atomic E-state index is 14.5. The first-order chi connectivity index (χ1) is 22.4. The van der Waals surface area contributed by atoms with Crippen LogP contribution in [0.25, 0.3) is 10.9 Å². The van der Waals surface area contributed by atoms with Crippen LogP contribution in [0, 0.1) is 5.92 Å². The molecule has 1 aliphatic carbocycles. The highest BCUT2D eigenvalue weighted by Gasteiger charge is 2.46. The topological polar surface area (TPSA) is 110 Å². The standard InChI is InChI=1S/C37H31NO8/c1-4-44-37(41)46-35-26-16-11-19-38-31(26)36(45-34(22-12-7-5-8-13-22)23-14-9-6-10-15-23)30-29(35)32(39)27(33(30)40)20-24-17-18-25(42-2)21-28(24)43-3/h5-19,21,27,34H,4,20H2,1-3H3. The maximum Gasteiger partial charge on any atom is 0.513 e. The van der Waals surface area contributed by atoms with Gasteiger partial charge in [-0.15, -0.1) is 0 Å². The van der Waals surface area contributed by atoms with Crippen LogP contribution in [0.2, 0.25) is 0 Å². The van der Waals surface area contributed by atoms with E-state index in [4.69, 9.17) is 23.7 Å². The Kier molecular flexibility index (Phi) is 8.65. The minimum Gasteiger partial charge on any atom is -0.497 e. The molecule has 5 aromatic rings. The van der Waals surface area contributed by atoms with Crippen LogP contribution in [0.15, 0.2) is 97.2 Å². The summed E-state index contributed by atoms with van der Waals surface area (Å²) < 4.78 is 28.4. The number of methoxy groups -OCH3 is 2. The van der Waals surface area contributed by atoms with Crippen molar-refractivity contribution in [2.75, 3.05) is 20.8 Å². The van der Waals surface area contributed by atoms with Gasteiger partial charge in [0.05, 0.1) is 37.9 Å². The first-order valence-electron chi connectivity index (χ1n) is 14.8. The molecule has 1 aliphatic rings. The molecule has 1 aromatic heterocycles. The minimum atomic E-state index is -1.15. The Bertz CT molecular complexity index is 1880. The summed E-state index contributed by atoms with van der Waals surface area (Å²) in [5.74, 6) is -1.07. The predicted octanol–water partition coefficient (Wildman–Crippen LogP) is 7.19. The zero-order valence-electron chi connectivity index (χ0n) is 25.5. The van der Waals surface area contributed by atoms with Crippen molar-refractivity contribution in [3.05, 3.63) is 125 Å². The number of carbonyl (C=O) groups excluding carboxylic acids is 3. The number of hydrogen-bond acceptors (Lipinski definition) is 9. The molecule has 1 atom stereocenters. The second-order valence-electron chi connectivity index (χ2n) is 10.6. The SMILES string of the molecule is CCOC(=O)Oc1c2c(c(OC(c3ccccc3)c3ccccc3)c3ncccc13)C(=O)C(Cc1ccc(OC)cc1OC)C2=O. The van der Waals surface area contributed by atoms with Gasteiger partial charge in [0.1, 0.15) is 23.1 Å². The highest BCUT2D eigenvalue weighted by Crippen LogP contribution is 2.48. The Labute approximate surface area is 265 Å². The number of Topliss-reactive ketones (excluding diaryl/α,β-unsaturated/α-hetero) is 2. The van der Waals surface area contributed by atoms with Crippen LogP contribution in [0.5, 0.6) is 23.0 Å². The number of carbonyl (C=O) groups is 3. The number of rotatable bonds is 10. The van der Waals surface area contributed by atoms with E-state index in [1.165, 1.54) is 7.11 Å². The number of benzene rings is 4. The number of ether oxygens (including phenoxy) is 5. The summed E-state index contributed by atoms with van der Waals surface area (Å²) in [7, 11) is 3.05. The smallest absolute Gasteiger partial charge is 0.497 e. The van der Waals surface area contributed by atoms with Crippen molar-refractivity contribution < 1.29 is 38.1 Å². The quantitative estimate of drug-likeness (QED) is 0.0913. The second kappa shape index (κ2) is 13.1. The highest BCUT2D eigenvalue weighted by atomic mass is 16.7. The molecule has 46 heavy (non-hydrogen) atoms. The average Bonchev–Trinajstić information content (AvgIpc) is 3.34. The molecule has 0 spiro atoms. The van der Waals surface area contributed by atoms with E-state index in [0.717, 1.165) is 11.1 Å². The van der Waals surface area contributed by atoms with Crippen molar-refractivity contribution >= 4 is 28.6 Å². The van der Waals surface area contributed by atoms with E-state index in [2.05, 4.69) is 4.98 Å². The maximum absolute atomic E-state index is 14.5. The molecular weight excluding hydrogens is 586 g/mol. The lowest BCUT2D eigenvalue weighted by molar-refractivity contribution is 0.0835. The number of hydrogen-bond donors (Lipinski definition) is 0. The van der Waals surface area contributed by atoms with Crippen molar-refractivity contribution in [2.24, 2.45) is 5.92 Å². The number of fused-ring (bicyclic) bond motifs is 2. The third kappa shape index (κ3) is 5.63. The Hall–Kier alpha value is -5.70. The molecule has 0 saturated heterocycles. The third-order valence-electron chi connectivity index (χ3n) is 7.90. The number of ketones is 2. The van der Waals surface area contributed by atoms with E-state index >= 15 is 0 Å². The van der Waals surface area contributed by atoms with Crippen molar-refractivity contribution in [2.45, 2.75) is 19.4 Å². The van der Waals surface area contributed by atoms with Crippen LogP contribution in [0.1, 0.15) is 50.4 Å². The molecule has 232 valence electrons. The van der Waals surface area contributed by atoms with Crippen LogP contribution in [-0.2, 0) is 11.2 Å². The molecule has 0 bridgehead atoms. The first-order valence-corrected chi connectivity index (χ1v) is 14.8. The summed E-state index contributed by atoms with van der Waals surface area (Å²) >= 11 is 0. The molecule has 4 aromatic carbocycles. The van der Waals surface area contributed by atoms with Gasteiger partial charge in [0.15, 0.2) is 23.1 Å². The van der Waals surface area contributed by atoms with Gasteiger partial charge in [-0.25, -0.2) is 4.79 Å². The Morgan fingerprint density at radius 2 is 1.46 bits per heavy atom. The molecule has 0 aliphatic heterocycles. The molecule has 1 heterocycles. The summed E-state index contributed by atoms with van der Waals surface area (Å²) in [4.78, 5) is 46.0. The zero-order chi connectivity index (χ0) is 32.2. The molecular formula is C37H31NO8. The van der Waals surface area contributed by atoms with Crippen LogP contribution >= 0.6 is 0 Å². The van der Waals surface area contributed by atoms with Crippen LogP contribution in [-0.4, -0.2) is 43.5 Å². The van der Waals surface area contributed by atoms with Crippen molar-refractivity contribution in [1.29, 1.82) is 0 Å². The second-order valence-corrected chi connectivity index (χ2v) is 10.6. The Balaban J connectivity index is 1.55. The number of aromatic nitrogens is 1. The fourth-order valence-electron chi connectivity index (χ4n) is 5.77. The summed E-state index contributed by atoms with van der Waals surface area (Å²) in [6.07, 6.45) is -0.0771. The van der Waals surface area contributed by atoms with Gasteiger partial charge >= 0.3 is 6.16 Å². The fourth-order valence-corrected chi connectivity index (χ4v) is 5.77. The Morgan fingerprint density at radius 3 is 2.07 bits per heavy atom. The fraction of sp³-hybridized carbons (Fsp3) is 0.189. The van der Waals surface area contributed by atoms with E-state index in [9.17, 15) is 14.4 Å². The third-order valence-corrected chi connectivity index (χ3v) is 7.90. The molecule has 6 rings (SSSR count). The molecule has 0 saturated carbocycles. The van der Waals surface area contributed by atoms with Gasteiger partial charge in [-0.2, -0.15) is 0 Å². The van der Waals surface area contributed by atoms with E-state index in [1.54, 1.807) is 50.6 Å². The van der Waals surface area contributed by atoms with Gasteiger partial charge in [0, 0.05) is 17.6 Å². The normalized spacial score (nSPS) is 13.9. The van der Waals surface area contributed by atoms with Crippen LogP contribution in [0.4, 0.5) is 4.79 Å². The molecule has 0 radical (unpaired) electrons. The molecule has 0 amide bonds. The lowest BCUT2D eigenvalue weighted by atomic mass is 9.94. The van der Waals surface area contributed by atoms with Crippen molar-refractivity contribution in [3.63, 3.8) is 0 Å². The molecule has 9 heteroatoms. The van der Waals surface area contributed by atoms with Gasteiger partial charge in [-0.1, -0.05) is 66.7 Å². The predicted molar refractivity (Wildman–Crippen MR) is 170 cm³/mol. The number of nitrogens with zero attached hydrogens (tertiary/aromatic N) is 1. The minimum absolute atomic E-state index is 0.00448. The zero-order valence-corrected chi connectivity index (χ0v) is 25.5. The van der Waals surface area contributed by atoms with Crippen molar-refractivity contribution in [3.8, 4) is 23.0 Å². The largest absolute Gasteiger partial charge is 0.513 e. The summed E-state index contributed by atoms with van der Waals surface area (Å²) in [5.41, 5.74) is 2.51. The Morgan fingerprint density at radius 1 is 0.804 bits per heavy atom. The van der Waals surface area contributed by atoms with Gasteiger partial charge < -0.3 is 23.7 Å². The number of pyridine rings is 1. The van der Waals surface area contributed by atoms with E-state index in [-0.39, 0.29) is 41.2 Å². The highest BCUT2D eigenvalue weighted by molar-refractivity contribution is 6.31. The molecule has 0 N–H and O–H groups in total. The van der Waals surface area contributed by atoms with Crippen molar-refractivity contribution in [1.82, 2.24) is 4.98 Å². The van der Waals surface area contributed by atoms with Gasteiger partial charge in [-0.3, -0.25) is 14.6 Å².